The summed E-state index contributed by atoms with van der Waals surface area (Å²) in [4.78, 5) is 0. The van der Waals surface area contributed by atoms with E-state index in [2.05, 4.69) is 6.58 Å². The maximum Gasteiger partial charge on any atom is 0.162 e. The number of benzene rings is 1. The Morgan fingerprint density at radius 1 is 1.57 bits per heavy atom. The van der Waals surface area contributed by atoms with Crippen molar-refractivity contribution in [2.75, 3.05) is 7.11 Å². The summed E-state index contributed by atoms with van der Waals surface area (Å²) in [5.41, 5.74) is 6.30. The van der Waals surface area contributed by atoms with Crippen molar-refractivity contribution in [2.45, 2.75) is 6.04 Å². The molecule has 0 bridgehead atoms. The summed E-state index contributed by atoms with van der Waals surface area (Å²) in [5.74, 6) is 0.507. The second-order valence-corrected chi connectivity index (χ2v) is 2.66. The van der Waals surface area contributed by atoms with Gasteiger partial charge in [-0.1, -0.05) is 18.2 Å². The molecule has 0 fully saturated rings. The molecule has 0 unspecified atom stereocenters. The number of para-hydroxylation sites is 1. The fourth-order valence-electron chi connectivity index (χ4n) is 1.10. The van der Waals surface area contributed by atoms with E-state index in [9.17, 15) is 5.11 Å². The van der Waals surface area contributed by atoms with Crippen molar-refractivity contribution in [3.8, 4) is 11.5 Å². The van der Waals surface area contributed by atoms with Gasteiger partial charge in [0.05, 0.1) is 13.2 Å². The smallest absolute Gasteiger partial charge is 0.162 e. The molecule has 1 aromatic carbocycles. The SMILES string of the molecule is C=C[C@H](N)c1cccc(OC)c1O.Cl. The summed E-state index contributed by atoms with van der Waals surface area (Å²) in [7, 11) is 1.50. The minimum Gasteiger partial charge on any atom is -0.504 e. The number of ether oxygens (including phenoxy) is 1. The first-order chi connectivity index (χ1) is 6.20. The van der Waals surface area contributed by atoms with Gasteiger partial charge in [0.25, 0.3) is 0 Å². The number of rotatable bonds is 3. The summed E-state index contributed by atoms with van der Waals surface area (Å²) in [6.07, 6.45) is 1.56. The quantitative estimate of drug-likeness (QED) is 0.759. The highest BCUT2D eigenvalue weighted by molar-refractivity contribution is 5.85. The Bertz CT molecular complexity index is 315. The zero-order valence-corrected chi connectivity index (χ0v) is 8.75. The number of nitrogens with two attached hydrogens (primary N) is 1. The number of halogens is 1. The number of phenolic OH excluding ortho intramolecular Hbond substituents is 1. The minimum absolute atomic E-state index is 0. The van der Waals surface area contributed by atoms with E-state index >= 15 is 0 Å². The van der Waals surface area contributed by atoms with Crippen LogP contribution >= 0.6 is 12.4 Å². The van der Waals surface area contributed by atoms with Crippen LogP contribution in [0.3, 0.4) is 0 Å². The molecule has 4 heteroatoms. The lowest BCUT2D eigenvalue weighted by molar-refractivity contribution is 0.370. The van der Waals surface area contributed by atoms with E-state index in [1.54, 1.807) is 24.3 Å². The van der Waals surface area contributed by atoms with Crippen LogP contribution in [0, 0.1) is 0 Å². The van der Waals surface area contributed by atoms with Gasteiger partial charge in [0.1, 0.15) is 0 Å². The van der Waals surface area contributed by atoms with Gasteiger partial charge in [-0.15, -0.1) is 19.0 Å². The van der Waals surface area contributed by atoms with Crippen molar-refractivity contribution in [3.05, 3.63) is 36.4 Å². The molecule has 3 N–H and O–H groups in total. The predicted molar refractivity (Wildman–Crippen MR) is 59.0 cm³/mol. The number of methoxy groups -OCH3 is 1. The Labute approximate surface area is 89.6 Å². The fourth-order valence-corrected chi connectivity index (χ4v) is 1.10. The highest BCUT2D eigenvalue weighted by Gasteiger charge is 2.10. The molecule has 1 atom stereocenters. The maximum atomic E-state index is 9.64. The second kappa shape index (κ2) is 5.52. The Hall–Kier alpha value is -1.19. The van der Waals surface area contributed by atoms with Gasteiger partial charge in [-0.3, -0.25) is 0 Å². The Kier molecular flexibility index (Phi) is 5.05. The Morgan fingerprint density at radius 3 is 2.71 bits per heavy atom. The average Bonchev–Trinajstić information content (AvgIpc) is 2.17. The first-order valence-corrected chi connectivity index (χ1v) is 3.94. The van der Waals surface area contributed by atoms with E-state index in [0.717, 1.165) is 0 Å². The standard InChI is InChI=1S/C10H13NO2.ClH/c1-3-8(11)7-5-4-6-9(13-2)10(7)12;/h3-6,8,12H,1,11H2,2H3;1H/t8-;/m0./s1. The highest BCUT2D eigenvalue weighted by Crippen LogP contribution is 2.32. The van der Waals surface area contributed by atoms with E-state index in [4.69, 9.17) is 10.5 Å². The van der Waals surface area contributed by atoms with Crippen LogP contribution in [0.5, 0.6) is 11.5 Å². The van der Waals surface area contributed by atoms with Crippen LogP contribution in [-0.2, 0) is 0 Å². The summed E-state index contributed by atoms with van der Waals surface area (Å²) < 4.78 is 4.94. The van der Waals surface area contributed by atoms with Crippen molar-refractivity contribution in [3.63, 3.8) is 0 Å². The molecule has 0 aliphatic rings. The van der Waals surface area contributed by atoms with Crippen molar-refractivity contribution in [1.29, 1.82) is 0 Å². The molecule has 1 aromatic rings. The normalized spacial score (nSPS) is 11.3. The molecule has 0 saturated heterocycles. The lowest BCUT2D eigenvalue weighted by atomic mass is 10.1. The predicted octanol–water partition coefficient (Wildman–Crippen LogP) is 2.01. The minimum atomic E-state index is -0.366. The van der Waals surface area contributed by atoms with Crippen LogP contribution in [0.2, 0.25) is 0 Å². The summed E-state index contributed by atoms with van der Waals surface area (Å²) in [6.45, 7) is 3.56. The average molecular weight is 216 g/mol. The topological polar surface area (TPSA) is 55.5 Å². The van der Waals surface area contributed by atoms with E-state index in [-0.39, 0.29) is 24.2 Å². The van der Waals surface area contributed by atoms with E-state index < -0.39 is 0 Å². The lowest BCUT2D eigenvalue weighted by Crippen LogP contribution is -2.06. The van der Waals surface area contributed by atoms with Crippen LogP contribution in [-0.4, -0.2) is 12.2 Å². The number of hydrogen-bond acceptors (Lipinski definition) is 3. The van der Waals surface area contributed by atoms with Crippen LogP contribution in [0.15, 0.2) is 30.9 Å². The van der Waals surface area contributed by atoms with E-state index in [1.165, 1.54) is 7.11 Å². The van der Waals surface area contributed by atoms with Crippen LogP contribution in [0.25, 0.3) is 0 Å². The molecule has 14 heavy (non-hydrogen) atoms. The van der Waals surface area contributed by atoms with Crippen LogP contribution < -0.4 is 10.5 Å². The van der Waals surface area contributed by atoms with Crippen molar-refractivity contribution < 1.29 is 9.84 Å². The Balaban J connectivity index is 0.00000169. The molecule has 0 aromatic heterocycles. The number of aromatic hydroxyl groups is 1. The van der Waals surface area contributed by atoms with Gasteiger partial charge in [-0.25, -0.2) is 0 Å². The van der Waals surface area contributed by atoms with E-state index in [0.29, 0.717) is 11.3 Å². The molecule has 1 rings (SSSR count). The molecule has 0 aliphatic heterocycles. The maximum absolute atomic E-state index is 9.64. The van der Waals surface area contributed by atoms with Gasteiger partial charge in [0.2, 0.25) is 0 Å². The third kappa shape index (κ3) is 2.40. The fraction of sp³-hybridized carbons (Fsp3) is 0.200. The van der Waals surface area contributed by atoms with Gasteiger partial charge in [-0.2, -0.15) is 0 Å². The zero-order chi connectivity index (χ0) is 9.84. The van der Waals surface area contributed by atoms with Crippen LogP contribution in [0.1, 0.15) is 11.6 Å². The molecule has 0 heterocycles. The van der Waals surface area contributed by atoms with E-state index in [1.807, 2.05) is 0 Å². The molecular formula is C10H14ClNO2. The van der Waals surface area contributed by atoms with Gasteiger partial charge in [0, 0.05) is 5.56 Å². The van der Waals surface area contributed by atoms with Crippen molar-refractivity contribution >= 4 is 12.4 Å². The molecule has 0 radical (unpaired) electrons. The molecule has 0 spiro atoms. The van der Waals surface area contributed by atoms with Gasteiger partial charge >= 0.3 is 0 Å². The lowest BCUT2D eigenvalue weighted by Gasteiger charge is -2.11. The number of phenols is 1. The molecule has 78 valence electrons. The molecule has 3 nitrogen and oxygen atoms in total. The van der Waals surface area contributed by atoms with Gasteiger partial charge < -0.3 is 15.6 Å². The summed E-state index contributed by atoms with van der Waals surface area (Å²) in [5, 5.41) is 9.64. The Morgan fingerprint density at radius 2 is 2.21 bits per heavy atom. The second-order valence-electron chi connectivity index (χ2n) is 2.66. The van der Waals surface area contributed by atoms with Crippen LogP contribution in [0.4, 0.5) is 0 Å². The highest BCUT2D eigenvalue weighted by atomic mass is 35.5. The monoisotopic (exact) mass is 215 g/mol. The van der Waals surface area contributed by atoms with Crippen molar-refractivity contribution in [1.82, 2.24) is 0 Å². The first-order valence-electron chi connectivity index (χ1n) is 3.94. The largest absolute Gasteiger partial charge is 0.504 e. The molecule has 0 amide bonds. The molecular weight excluding hydrogens is 202 g/mol. The zero-order valence-electron chi connectivity index (χ0n) is 7.93. The van der Waals surface area contributed by atoms with Gasteiger partial charge in [0.15, 0.2) is 11.5 Å². The first kappa shape index (κ1) is 12.8. The van der Waals surface area contributed by atoms with Gasteiger partial charge in [-0.05, 0) is 6.07 Å². The molecule has 0 aliphatic carbocycles. The summed E-state index contributed by atoms with van der Waals surface area (Å²) >= 11 is 0. The van der Waals surface area contributed by atoms with Crippen molar-refractivity contribution in [2.24, 2.45) is 5.73 Å². The summed E-state index contributed by atoms with van der Waals surface area (Å²) in [6, 6.07) is 4.82. The number of hydrogen-bond donors (Lipinski definition) is 2. The third-order valence-corrected chi connectivity index (χ3v) is 1.86. The third-order valence-electron chi connectivity index (χ3n) is 1.86. The molecule has 0 saturated carbocycles.